The van der Waals surface area contributed by atoms with Crippen LogP contribution in [0.5, 0.6) is 0 Å². The van der Waals surface area contributed by atoms with E-state index in [9.17, 15) is 19.5 Å². The number of aromatic nitrogens is 2. The molecular weight excluding hydrogens is 425 g/mol. The number of H-pyrrole nitrogens is 1. The summed E-state index contributed by atoms with van der Waals surface area (Å²) in [5.74, 6) is -0.509. The number of hydrogen-bond donors (Lipinski definition) is 3. The Bertz CT molecular complexity index is 945. The second-order valence-corrected chi connectivity index (χ2v) is 10.6. The van der Waals surface area contributed by atoms with Gasteiger partial charge in [0.25, 0.3) is 12.2 Å². The van der Waals surface area contributed by atoms with Crippen LogP contribution in [0.2, 0.25) is 0 Å². The van der Waals surface area contributed by atoms with E-state index in [2.05, 4.69) is 10.1 Å². The molecule has 13 heteroatoms. The van der Waals surface area contributed by atoms with Gasteiger partial charge in [0, 0.05) is 12.3 Å². The third kappa shape index (κ3) is 4.53. The number of fused-ring (bicyclic) bond motifs is 1. The van der Waals surface area contributed by atoms with E-state index < -0.39 is 53.9 Å². The van der Waals surface area contributed by atoms with Crippen LogP contribution in [0.4, 0.5) is 0 Å². The molecule has 0 spiro atoms. The first-order valence-corrected chi connectivity index (χ1v) is 11.7. The quantitative estimate of drug-likeness (QED) is 0.407. The summed E-state index contributed by atoms with van der Waals surface area (Å²) in [6, 6.07) is 0.360. The first-order valence-electron chi connectivity index (χ1n) is 9.03. The molecule has 3 N–H and O–H groups in total. The number of ether oxygens (including phenoxy) is 2. The average molecular weight is 449 g/mol. The van der Waals surface area contributed by atoms with Gasteiger partial charge in [-0.3, -0.25) is 19.1 Å². The molecule has 0 bridgehead atoms. The molecule has 3 heterocycles. The van der Waals surface area contributed by atoms with E-state index in [4.69, 9.17) is 30.3 Å². The van der Waals surface area contributed by atoms with Crippen LogP contribution >= 0.6 is 6.64 Å². The monoisotopic (exact) mass is 449 g/mol. The zero-order valence-electron chi connectivity index (χ0n) is 16.4. The number of carbonyl (C=O) groups is 1. The van der Waals surface area contributed by atoms with Crippen molar-refractivity contribution in [2.75, 3.05) is 6.61 Å². The molecule has 6 unspecified atom stereocenters. The van der Waals surface area contributed by atoms with E-state index in [1.807, 2.05) is 0 Å². The summed E-state index contributed by atoms with van der Waals surface area (Å²) in [5, 5.41) is 13.9. The van der Waals surface area contributed by atoms with E-state index >= 15 is 0 Å². The van der Waals surface area contributed by atoms with Gasteiger partial charge in [-0.15, -0.1) is 0 Å². The molecule has 0 radical (unpaired) electrons. The van der Waals surface area contributed by atoms with Crippen LogP contribution in [0.1, 0.15) is 33.9 Å². The zero-order valence-corrected chi connectivity index (χ0v) is 18.1. The minimum atomic E-state index is -3.16. The lowest BCUT2D eigenvalue weighted by Gasteiger charge is -2.38. The van der Waals surface area contributed by atoms with Crippen LogP contribution < -0.4 is 16.3 Å². The molecule has 162 valence electrons. The van der Waals surface area contributed by atoms with Gasteiger partial charge in [0.05, 0.1) is 12.7 Å². The van der Waals surface area contributed by atoms with E-state index in [-0.39, 0.29) is 12.7 Å². The standard InChI is InChI=1S/C16H24N3O8PS/c1-8(2)25-13(21)9(3)18-28(29)24-7-10-12(27-28)16(4,23)14(26-10)19-6-5-11(20)17-15(19)22/h5-6,8-10,12,14,23H,7H2,1-4H3,(H,18,29)(H,17,20,22). The second kappa shape index (κ2) is 8.03. The predicted octanol–water partition coefficient (Wildman–Crippen LogP) is -0.245. The maximum atomic E-state index is 12.1. The van der Waals surface area contributed by atoms with Crippen LogP contribution in [-0.4, -0.2) is 57.2 Å². The van der Waals surface area contributed by atoms with Crippen LogP contribution in [0.3, 0.4) is 0 Å². The van der Waals surface area contributed by atoms with Gasteiger partial charge >= 0.3 is 11.7 Å². The minimum absolute atomic E-state index is 0.00829. The molecule has 1 aromatic heterocycles. The zero-order chi connectivity index (χ0) is 21.6. The molecule has 0 aromatic carbocycles. The van der Waals surface area contributed by atoms with Crippen LogP contribution in [-0.2, 0) is 35.1 Å². The highest BCUT2D eigenvalue weighted by Gasteiger charge is 2.59. The van der Waals surface area contributed by atoms with Crippen molar-refractivity contribution in [2.24, 2.45) is 0 Å². The molecule has 29 heavy (non-hydrogen) atoms. The Morgan fingerprint density at radius 2 is 2.17 bits per heavy atom. The molecule has 11 nitrogen and oxygen atoms in total. The Morgan fingerprint density at radius 1 is 1.48 bits per heavy atom. The fraction of sp³-hybridized carbons (Fsp3) is 0.688. The second-order valence-electron chi connectivity index (χ2n) is 7.43. The Morgan fingerprint density at radius 3 is 2.79 bits per heavy atom. The molecule has 0 amide bonds. The summed E-state index contributed by atoms with van der Waals surface area (Å²) in [5.41, 5.74) is -2.96. The molecule has 0 aliphatic carbocycles. The number of hydrogen-bond acceptors (Lipinski definition) is 9. The summed E-state index contributed by atoms with van der Waals surface area (Å²) in [6.45, 7) is 3.31. The molecular formula is C16H24N3O8PS. The SMILES string of the molecule is CC(C)OC(=O)C(C)NP1(=S)OCC2OC(n3ccc(=O)[nH]c3=O)C(C)(O)C2O1. The molecule has 0 saturated carbocycles. The third-order valence-electron chi connectivity index (χ3n) is 4.54. The summed E-state index contributed by atoms with van der Waals surface area (Å²) < 4.78 is 23.5. The van der Waals surface area contributed by atoms with Gasteiger partial charge in [0.1, 0.15) is 23.9 Å². The van der Waals surface area contributed by atoms with Crippen molar-refractivity contribution in [2.45, 2.75) is 63.9 Å². The molecule has 1 aromatic rings. The average Bonchev–Trinajstić information content (AvgIpc) is 2.85. The molecule has 2 saturated heterocycles. The maximum absolute atomic E-state index is 12.1. The van der Waals surface area contributed by atoms with Gasteiger partial charge in [0.2, 0.25) is 0 Å². The number of nitrogens with one attached hydrogen (secondary N) is 2. The first-order chi connectivity index (χ1) is 13.4. The molecule has 6 atom stereocenters. The molecule has 2 aliphatic heterocycles. The van der Waals surface area contributed by atoms with E-state index in [1.54, 1.807) is 20.8 Å². The lowest BCUT2D eigenvalue weighted by molar-refractivity contribution is -0.149. The van der Waals surface area contributed by atoms with Gasteiger partial charge in [-0.05, 0) is 39.5 Å². The van der Waals surface area contributed by atoms with E-state index in [0.29, 0.717) is 0 Å². The Labute approximate surface area is 171 Å². The molecule has 2 fully saturated rings. The number of nitrogens with zero attached hydrogens (tertiary/aromatic N) is 1. The van der Waals surface area contributed by atoms with E-state index in [0.717, 1.165) is 10.6 Å². The smallest absolute Gasteiger partial charge is 0.330 e. The first kappa shape index (κ1) is 22.3. The highest BCUT2D eigenvalue weighted by Crippen LogP contribution is 2.55. The van der Waals surface area contributed by atoms with Gasteiger partial charge in [0.15, 0.2) is 6.23 Å². The maximum Gasteiger partial charge on any atom is 0.330 e. The van der Waals surface area contributed by atoms with Gasteiger partial charge in [-0.1, -0.05) is 0 Å². The summed E-state index contributed by atoms with van der Waals surface area (Å²) >= 11 is 5.45. The number of rotatable bonds is 5. The van der Waals surface area contributed by atoms with Crippen molar-refractivity contribution in [1.82, 2.24) is 14.6 Å². The summed E-state index contributed by atoms with van der Waals surface area (Å²) in [7, 11) is 0. The van der Waals surface area contributed by atoms with Gasteiger partial charge in [-0.2, -0.15) is 0 Å². The van der Waals surface area contributed by atoms with Crippen molar-refractivity contribution < 1.29 is 28.4 Å². The minimum Gasteiger partial charge on any atom is -0.462 e. The van der Waals surface area contributed by atoms with Crippen molar-refractivity contribution in [3.8, 4) is 0 Å². The highest BCUT2D eigenvalue weighted by atomic mass is 32.5. The Balaban J connectivity index is 1.79. The summed E-state index contributed by atoms with van der Waals surface area (Å²) in [6.07, 6.45) is -1.81. The highest BCUT2D eigenvalue weighted by molar-refractivity contribution is 8.09. The normalized spacial score (nSPS) is 35.3. The lowest BCUT2D eigenvalue weighted by atomic mass is 9.96. The topological polar surface area (TPSA) is 141 Å². The van der Waals surface area contributed by atoms with E-state index in [1.165, 1.54) is 13.1 Å². The molecule has 2 aliphatic rings. The largest absolute Gasteiger partial charge is 0.462 e. The summed E-state index contributed by atoms with van der Waals surface area (Å²) in [4.78, 5) is 37.6. The predicted molar refractivity (Wildman–Crippen MR) is 105 cm³/mol. The Hall–Kier alpha value is -1.40. The van der Waals surface area contributed by atoms with Gasteiger partial charge in [-0.25, -0.2) is 9.88 Å². The number of aromatic amines is 1. The van der Waals surface area contributed by atoms with Crippen molar-refractivity contribution >= 4 is 24.4 Å². The number of carbonyl (C=O) groups excluding carboxylic acids is 1. The van der Waals surface area contributed by atoms with Gasteiger partial charge < -0.3 is 23.6 Å². The third-order valence-corrected chi connectivity index (χ3v) is 7.13. The number of aliphatic hydroxyl groups is 1. The Kier molecular flexibility index (Phi) is 6.17. The van der Waals surface area contributed by atoms with Crippen molar-refractivity contribution in [3.63, 3.8) is 0 Å². The fourth-order valence-electron chi connectivity index (χ4n) is 3.20. The van der Waals surface area contributed by atoms with Crippen LogP contribution in [0, 0.1) is 0 Å². The number of esters is 1. The van der Waals surface area contributed by atoms with Crippen molar-refractivity contribution in [1.29, 1.82) is 0 Å². The lowest BCUT2D eigenvalue weighted by Crippen LogP contribution is -2.50. The van der Waals surface area contributed by atoms with Crippen molar-refractivity contribution in [3.05, 3.63) is 33.1 Å². The van der Waals surface area contributed by atoms with Crippen LogP contribution in [0.15, 0.2) is 21.9 Å². The van der Waals surface area contributed by atoms with Crippen LogP contribution in [0.25, 0.3) is 0 Å². The fourth-order valence-corrected chi connectivity index (χ4v) is 5.90. The molecule has 3 rings (SSSR count).